The zero-order valence-electron chi connectivity index (χ0n) is 16.8. The van der Waals surface area contributed by atoms with Gasteiger partial charge < -0.3 is 15.1 Å². The van der Waals surface area contributed by atoms with Crippen LogP contribution in [0.3, 0.4) is 0 Å². The van der Waals surface area contributed by atoms with Gasteiger partial charge in [-0.2, -0.15) is 0 Å². The third-order valence-electron chi connectivity index (χ3n) is 4.85. The Kier molecular flexibility index (Phi) is 6.83. The van der Waals surface area contributed by atoms with Crippen LogP contribution in [0, 0.1) is 0 Å². The van der Waals surface area contributed by atoms with E-state index in [1.54, 1.807) is 25.3 Å². The Hall–Kier alpha value is -2.49. The molecule has 1 saturated heterocycles. The summed E-state index contributed by atoms with van der Waals surface area (Å²) in [6.07, 6.45) is 1.76. The normalized spacial score (nSPS) is 15.3. The van der Waals surface area contributed by atoms with Crippen molar-refractivity contribution in [2.45, 2.75) is 18.4 Å². The monoisotopic (exact) mass is 417 g/mol. The summed E-state index contributed by atoms with van der Waals surface area (Å²) in [7, 11) is -1.51. The highest BCUT2D eigenvalue weighted by Gasteiger charge is 2.19. The molecule has 1 amide bonds. The number of benzene rings is 1. The minimum Gasteiger partial charge on any atom is -0.354 e. The lowest BCUT2D eigenvalue weighted by atomic mass is 10.2. The van der Waals surface area contributed by atoms with E-state index in [0.29, 0.717) is 12.1 Å². The highest BCUT2D eigenvalue weighted by Crippen LogP contribution is 2.19. The van der Waals surface area contributed by atoms with Gasteiger partial charge in [-0.15, -0.1) is 0 Å². The largest absolute Gasteiger partial charge is 0.354 e. The summed E-state index contributed by atoms with van der Waals surface area (Å²) in [6.45, 7) is 6.02. The molecule has 2 N–H and O–H groups in total. The van der Waals surface area contributed by atoms with Crippen molar-refractivity contribution in [3.05, 3.63) is 53.7 Å². The molecule has 3 rings (SSSR count). The molecule has 0 atom stereocenters. The van der Waals surface area contributed by atoms with Gasteiger partial charge in [-0.3, -0.25) is 4.79 Å². The Balaban J connectivity index is 1.70. The lowest BCUT2D eigenvalue weighted by Gasteiger charge is -2.34. The number of amides is 1. The maximum atomic E-state index is 12.6. The Bertz CT molecular complexity index is 956. The number of nitrogens with zero attached hydrogens (tertiary/aromatic N) is 3. The zero-order valence-corrected chi connectivity index (χ0v) is 17.6. The molecular formula is C20H27N5O3S. The van der Waals surface area contributed by atoms with Gasteiger partial charge >= 0.3 is 0 Å². The summed E-state index contributed by atoms with van der Waals surface area (Å²) >= 11 is 0. The molecule has 1 fully saturated rings. The minimum absolute atomic E-state index is 0.0755. The van der Waals surface area contributed by atoms with Crippen LogP contribution < -0.4 is 14.9 Å². The number of likely N-dealkylation sites (N-methyl/N-ethyl adjacent to an activating group) is 1. The van der Waals surface area contributed by atoms with Crippen molar-refractivity contribution in [3.8, 4) is 0 Å². The van der Waals surface area contributed by atoms with Crippen molar-refractivity contribution in [1.82, 2.24) is 19.9 Å². The maximum absolute atomic E-state index is 12.6. The molecule has 1 aliphatic heterocycles. The fourth-order valence-corrected chi connectivity index (χ4v) is 4.31. The number of carbonyl (C=O) groups is 1. The fourth-order valence-electron chi connectivity index (χ4n) is 3.23. The summed E-state index contributed by atoms with van der Waals surface area (Å²) in [6, 6.07) is 9.83. The Labute approximate surface area is 172 Å². The van der Waals surface area contributed by atoms with Crippen LogP contribution >= 0.6 is 0 Å². The molecule has 0 radical (unpaired) electrons. The second-order valence-electron chi connectivity index (χ2n) is 6.99. The number of sulfonamides is 1. The van der Waals surface area contributed by atoms with E-state index in [1.165, 1.54) is 12.1 Å². The van der Waals surface area contributed by atoms with Gasteiger partial charge in [0.25, 0.3) is 5.91 Å². The zero-order chi connectivity index (χ0) is 20.9. The van der Waals surface area contributed by atoms with Gasteiger partial charge in [-0.05, 0) is 31.3 Å². The van der Waals surface area contributed by atoms with Gasteiger partial charge in [0.05, 0.1) is 4.90 Å². The van der Waals surface area contributed by atoms with Crippen LogP contribution in [0.25, 0.3) is 0 Å². The predicted octanol–water partition coefficient (Wildman–Crippen LogP) is 1.06. The first-order chi connectivity index (χ1) is 13.9. The van der Waals surface area contributed by atoms with Gasteiger partial charge in [-0.25, -0.2) is 18.1 Å². The van der Waals surface area contributed by atoms with Crippen molar-refractivity contribution in [3.63, 3.8) is 0 Å². The van der Waals surface area contributed by atoms with Crippen LogP contribution in [0.2, 0.25) is 0 Å². The smallest absolute Gasteiger partial charge is 0.251 e. The first-order valence-electron chi connectivity index (χ1n) is 9.66. The first-order valence-corrected chi connectivity index (χ1v) is 11.1. The number of pyridine rings is 1. The summed E-state index contributed by atoms with van der Waals surface area (Å²) in [4.78, 5) is 21.7. The van der Waals surface area contributed by atoms with Crippen molar-refractivity contribution in [2.75, 3.05) is 44.7 Å². The second-order valence-corrected chi connectivity index (χ2v) is 8.76. The molecule has 0 spiro atoms. The number of anilines is 1. The van der Waals surface area contributed by atoms with E-state index in [-0.39, 0.29) is 17.3 Å². The van der Waals surface area contributed by atoms with Gasteiger partial charge in [0.15, 0.2) is 0 Å². The molecule has 1 aromatic heterocycles. The summed E-state index contributed by atoms with van der Waals surface area (Å²) in [5.41, 5.74) is 1.23. The predicted molar refractivity (Wildman–Crippen MR) is 112 cm³/mol. The number of nitrogens with one attached hydrogen (secondary N) is 2. The number of piperazine rings is 1. The Morgan fingerprint density at radius 2 is 1.90 bits per heavy atom. The summed E-state index contributed by atoms with van der Waals surface area (Å²) in [5.74, 6) is 0.552. The molecule has 1 aromatic carbocycles. The molecule has 1 aliphatic rings. The van der Waals surface area contributed by atoms with Gasteiger partial charge in [0, 0.05) is 56.6 Å². The van der Waals surface area contributed by atoms with Crippen LogP contribution in [0.5, 0.6) is 0 Å². The Morgan fingerprint density at radius 1 is 1.14 bits per heavy atom. The Morgan fingerprint density at radius 3 is 2.62 bits per heavy atom. The molecule has 0 aliphatic carbocycles. The average Bonchev–Trinajstić information content (AvgIpc) is 2.73. The van der Waals surface area contributed by atoms with Crippen LogP contribution in [0.4, 0.5) is 5.82 Å². The fraction of sp³-hybridized carbons (Fsp3) is 0.400. The molecule has 0 bridgehead atoms. The van der Waals surface area contributed by atoms with E-state index in [0.717, 1.165) is 37.6 Å². The molecule has 0 unspecified atom stereocenters. The van der Waals surface area contributed by atoms with E-state index >= 15 is 0 Å². The first kappa shape index (κ1) is 21.2. The van der Waals surface area contributed by atoms with Crippen LogP contribution in [0.1, 0.15) is 22.8 Å². The quantitative estimate of drug-likeness (QED) is 0.700. The minimum atomic E-state index is -3.61. The summed E-state index contributed by atoms with van der Waals surface area (Å²) < 4.78 is 26.8. The van der Waals surface area contributed by atoms with Crippen LogP contribution in [0.15, 0.2) is 47.5 Å². The molecular weight excluding hydrogens is 390 g/mol. The van der Waals surface area contributed by atoms with E-state index < -0.39 is 10.0 Å². The third-order valence-corrected chi connectivity index (χ3v) is 6.39. The van der Waals surface area contributed by atoms with Gasteiger partial charge in [-0.1, -0.05) is 19.1 Å². The van der Waals surface area contributed by atoms with Crippen LogP contribution in [-0.2, 0) is 16.6 Å². The molecule has 0 saturated carbocycles. The number of rotatable bonds is 7. The highest BCUT2D eigenvalue weighted by molar-refractivity contribution is 7.89. The van der Waals surface area contributed by atoms with Crippen molar-refractivity contribution < 1.29 is 13.2 Å². The standard InChI is InChI=1S/C20H27N5O3S/c1-3-23-29(27,28)18-8-4-6-16(14-18)20(26)22-15-17-7-5-9-21-19(17)25-12-10-24(2)11-13-25/h4-9,14,23H,3,10-13,15H2,1-2H3,(H,22,26). The molecule has 2 heterocycles. The molecule has 9 heteroatoms. The summed E-state index contributed by atoms with van der Waals surface area (Å²) in [5, 5.41) is 2.88. The third kappa shape index (κ3) is 5.31. The number of aromatic nitrogens is 1. The average molecular weight is 418 g/mol. The number of hydrogen-bond acceptors (Lipinski definition) is 6. The molecule has 29 heavy (non-hydrogen) atoms. The maximum Gasteiger partial charge on any atom is 0.251 e. The van der Waals surface area contributed by atoms with Gasteiger partial charge in [0.1, 0.15) is 5.82 Å². The van der Waals surface area contributed by atoms with Gasteiger partial charge in [0.2, 0.25) is 10.0 Å². The van der Waals surface area contributed by atoms with Crippen molar-refractivity contribution in [1.29, 1.82) is 0 Å². The second kappa shape index (κ2) is 9.34. The van der Waals surface area contributed by atoms with Crippen LogP contribution in [-0.4, -0.2) is 64.0 Å². The SMILES string of the molecule is CCNS(=O)(=O)c1cccc(C(=O)NCc2cccnc2N2CCN(C)CC2)c1. The van der Waals surface area contributed by atoms with E-state index in [4.69, 9.17) is 0 Å². The van der Waals surface area contributed by atoms with Crippen molar-refractivity contribution in [2.24, 2.45) is 0 Å². The number of hydrogen-bond donors (Lipinski definition) is 2. The van der Waals surface area contributed by atoms with Crippen molar-refractivity contribution >= 4 is 21.7 Å². The topological polar surface area (TPSA) is 94.6 Å². The molecule has 2 aromatic rings. The molecule has 156 valence electrons. The van der Waals surface area contributed by atoms with E-state index in [2.05, 4.69) is 31.9 Å². The number of carbonyl (C=O) groups excluding carboxylic acids is 1. The lowest BCUT2D eigenvalue weighted by Crippen LogP contribution is -2.45. The van der Waals surface area contributed by atoms with E-state index in [1.807, 2.05) is 12.1 Å². The van der Waals surface area contributed by atoms with E-state index in [9.17, 15) is 13.2 Å². The molecule has 8 nitrogen and oxygen atoms in total. The lowest BCUT2D eigenvalue weighted by molar-refractivity contribution is 0.0950. The highest BCUT2D eigenvalue weighted by atomic mass is 32.2.